The molecule has 2 saturated heterocycles. The maximum absolute atomic E-state index is 14.0. The number of aliphatic hydroxyl groups is 2. The third-order valence-corrected chi connectivity index (χ3v) is 9.75. The summed E-state index contributed by atoms with van der Waals surface area (Å²) >= 11 is 0. The lowest BCUT2D eigenvalue weighted by atomic mass is 9.74. The summed E-state index contributed by atoms with van der Waals surface area (Å²) in [5.41, 5.74) is -0.330. The van der Waals surface area contributed by atoms with E-state index in [1.165, 1.54) is 0 Å². The SMILES string of the molecule is C[C@H]1CN(C)C(=O)[C@@H](Cc2ccccc2)N(C)C(=O)[C@H](C)[C@@H](C)[C@H](C)[C@@H](O[C@@H]2O[C@H](C)C[C@H](N(C)C)[C@H]2O)[C@](C)(O)C1. The molecular formula is C33H55N3O6. The van der Waals surface area contributed by atoms with E-state index in [0.717, 1.165) is 5.56 Å². The van der Waals surface area contributed by atoms with E-state index in [1.54, 1.807) is 30.8 Å². The van der Waals surface area contributed by atoms with Crippen LogP contribution in [0.15, 0.2) is 30.3 Å². The zero-order chi connectivity index (χ0) is 31.5. The van der Waals surface area contributed by atoms with Crippen LogP contribution < -0.4 is 0 Å². The molecule has 2 N–H and O–H groups in total. The van der Waals surface area contributed by atoms with Gasteiger partial charge in [0, 0.05) is 39.0 Å². The van der Waals surface area contributed by atoms with Crippen molar-refractivity contribution in [1.29, 1.82) is 0 Å². The highest BCUT2D eigenvalue weighted by molar-refractivity contribution is 5.88. The summed E-state index contributed by atoms with van der Waals surface area (Å²) in [4.78, 5) is 33.1. The molecule has 9 nitrogen and oxygen atoms in total. The van der Waals surface area contributed by atoms with Gasteiger partial charge in [-0.15, -0.1) is 0 Å². The van der Waals surface area contributed by atoms with E-state index in [1.807, 2.05) is 83.9 Å². The van der Waals surface area contributed by atoms with Gasteiger partial charge in [0.1, 0.15) is 12.1 Å². The summed E-state index contributed by atoms with van der Waals surface area (Å²) in [5, 5.41) is 23.3. The highest BCUT2D eigenvalue weighted by Crippen LogP contribution is 2.38. The third-order valence-electron chi connectivity index (χ3n) is 9.75. The van der Waals surface area contributed by atoms with Crippen LogP contribution >= 0.6 is 0 Å². The van der Waals surface area contributed by atoms with Crippen molar-refractivity contribution in [3.8, 4) is 0 Å². The molecule has 9 heteroatoms. The molecule has 2 fully saturated rings. The highest BCUT2D eigenvalue weighted by Gasteiger charge is 2.47. The zero-order valence-electron chi connectivity index (χ0n) is 27.4. The van der Waals surface area contributed by atoms with Crippen LogP contribution in [0.1, 0.15) is 59.9 Å². The Morgan fingerprint density at radius 1 is 1.02 bits per heavy atom. The molecule has 0 unspecified atom stereocenters. The Morgan fingerprint density at radius 3 is 2.24 bits per heavy atom. The van der Waals surface area contributed by atoms with Gasteiger partial charge in [-0.05, 0) is 64.1 Å². The quantitative estimate of drug-likeness (QED) is 0.544. The van der Waals surface area contributed by atoms with Crippen molar-refractivity contribution in [2.75, 3.05) is 34.7 Å². The summed E-state index contributed by atoms with van der Waals surface area (Å²) in [5.74, 6) is -1.24. The number of aliphatic hydroxyl groups excluding tert-OH is 1. The van der Waals surface area contributed by atoms with Gasteiger partial charge in [-0.2, -0.15) is 0 Å². The molecule has 0 radical (unpaired) electrons. The maximum atomic E-state index is 14.0. The van der Waals surface area contributed by atoms with Crippen LogP contribution in [0.25, 0.3) is 0 Å². The van der Waals surface area contributed by atoms with Crippen molar-refractivity contribution < 1.29 is 29.3 Å². The van der Waals surface area contributed by atoms with Crippen LogP contribution in [0.4, 0.5) is 0 Å². The molecule has 0 aromatic heterocycles. The molecule has 42 heavy (non-hydrogen) atoms. The number of rotatable bonds is 5. The topological polar surface area (TPSA) is 103 Å². The summed E-state index contributed by atoms with van der Waals surface area (Å²) in [6, 6.07) is 8.97. The number of likely N-dealkylation sites (N-methyl/N-ethyl adjacent to an activating group) is 3. The van der Waals surface area contributed by atoms with E-state index >= 15 is 0 Å². The molecule has 2 heterocycles. The van der Waals surface area contributed by atoms with Gasteiger partial charge in [0.05, 0.1) is 17.8 Å². The first kappa shape index (κ1) is 34.5. The summed E-state index contributed by atoms with van der Waals surface area (Å²) in [6.45, 7) is 12.0. The van der Waals surface area contributed by atoms with E-state index in [-0.39, 0.29) is 41.7 Å². The van der Waals surface area contributed by atoms with Crippen LogP contribution in [0, 0.1) is 23.7 Å². The first-order valence-electron chi connectivity index (χ1n) is 15.5. The van der Waals surface area contributed by atoms with Gasteiger partial charge in [0.2, 0.25) is 11.8 Å². The van der Waals surface area contributed by atoms with Gasteiger partial charge in [-0.1, -0.05) is 58.0 Å². The maximum Gasteiger partial charge on any atom is 0.245 e. The Labute approximate surface area is 253 Å². The minimum absolute atomic E-state index is 0.0650. The number of benzene rings is 1. The fraction of sp³-hybridized carbons (Fsp3) is 0.758. The first-order valence-corrected chi connectivity index (χ1v) is 15.5. The number of hydrogen-bond acceptors (Lipinski definition) is 7. The Morgan fingerprint density at radius 2 is 1.64 bits per heavy atom. The highest BCUT2D eigenvalue weighted by atomic mass is 16.7. The van der Waals surface area contributed by atoms with Gasteiger partial charge in [-0.25, -0.2) is 0 Å². The van der Waals surface area contributed by atoms with Crippen LogP contribution in [0.3, 0.4) is 0 Å². The van der Waals surface area contributed by atoms with Gasteiger partial charge in [-0.3, -0.25) is 9.59 Å². The molecule has 1 aromatic rings. The zero-order valence-corrected chi connectivity index (χ0v) is 27.4. The van der Waals surface area contributed by atoms with Gasteiger partial charge in [0.25, 0.3) is 0 Å². The normalized spacial score (nSPS) is 39.5. The minimum Gasteiger partial charge on any atom is -0.387 e. The Bertz CT molecular complexity index is 1040. The van der Waals surface area contributed by atoms with Crippen molar-refractivity contribution in [3.63, 3.8) is 0 Å². The first-order chi connectivity index (χ1) is 19.5. The smallest absolute Gasteiger partial charge is 0.245 e. The number of amides is 2. The third kappa shape index (κ3) is 7.91. The number of carbonyl (C=O) groups excluding carboxylic acids is 2. The van der Waals surface area contributed by atoms with Crippen LogP contribution in [0.2, 0.25) is 0 Å². The van der Waals surface area contributed by atoms with Crippen molar-refractivity contribution in [1.82, 2.24) is 14.7 Å². The fourth-order valence-electron chi connectivity index (χ4n) is 6.99. The van der Waals surface area contributed by atoms with Crippen molar-refractivity contribution >= 4 is 11.8 Å². The molecule has 2 aliphatic heterocycles. The minimum atomic E-state index is -1.32. The molecule has 2 aliphatic rings. The number of nitrogens with zero attached hydrogens (tertiary/aromatic N) is 3. The molecule has 1 aromatic carbocycles. The van der Waals surface area contributed by atoms with Crippen molar-refractivity contribution in [3.05, 3.63) is 35.9 Å². The van der Waals surface area contributed by atoms with Gasteiger partial charge >= 0.3 is 0 Å². The van der Waals surface area contributed by atoms with E-state index in [9.17, 15) is 19.8 Å². The van der Waals surface area contributed by atoms with Crippen molar-refractivity contribution in [2.45, 2.75) is 103 Å². The average molecular weight is 590 g/mol. The van der Waals surface area contributed by atoms with Crippen LogP contribution in [-0.2, 0) is 25.5 Å². The Hall–Kier alpha value is -2.04. The molecule has 0 saturated carbocycles. The second kappa shape index (κ2) is 14.2. The lowest BCUT2D eigenvalue weighted by Gasteiger charge is -2.47. The number of ether oxygens (including phenoxy) is 2. The largest absolute Gasteiger partial charge is 0.387 e. The second-order valence-corrected chi connectivity index (χ2v) is 13.7. The van der Waals surface area contributed by atoms with Gasteiger partial charge < -0.3 is 34.4 Å². The lowest BCUT2D eigenvalue weighted by molar-refractivity contribution is -0.297. The lowest BCUT2D eigenvalue weighted by Crippen LogP contribution is -2.58. The van der Waals surface area contributed by atoms with Gasteiger partial charge in [0.15, 0.2) is 6.29 Å². The summed E-state index contributed by atoms with van der Waals surface area (Å²) in [7, 11) is 7.34. The number of carbonyl (C=O) groups is 2. The van der Waals surface area contributed by atoms with Crippen LogP contribution in [-0.4, -0.2) is 114 Å². The standard InChI is InChI=1S/C33H55N3O6/c1-20-18-33(6,40)29(42-32-28(37)26(34(7)8)16-21(2)41-32)23(4)22(3)24(5)30(38)36(10)27(31(39)35(9)19-20)17-25-14-12-11-13-15-25/h11-15,20-24,26-29,32,37,40H,16-19H2,1-10H3/t20-,21-,22+,23+,24-,26+,27-,28-,29-,32+,33-/m1/s1. The molecule has 3 rings (SSSR count). The van der Waals surface area contributed by atoms with Crippen LogP contribution in [0.5, 0.6) is 0 Å². The molecule has 0 aliphatic carbocycles. The molecule has 2 amide bonds. The van der Waals surface area contributed by atoms with Crippen molar-refractivity contribution in [2.24, 2.45) is 23.7 Å². The summed E-state index contributed by atoms with van der Waals surface area (Å²) < 4.78 is 12.7. The molecule has 11 atom stereocenters. The molecule has 0 bridgehead atoms. The monoisotopic (exact) mass is 589 g/mol. The summed E-state index contributed by atoms with van der Waals surface area (Å²) in [6.07, 6.45) is -1.24. The predicted molar refractivity (Wildman–Crippen MR) is 164 cm³/mol. The fourth-order valence-corrected chi connectivity index (χ4v) is 6.99. The van der Waals surface area contributed by atoms with E-state index in [2.05, 4.69) is 0 Å². The average Bonchev–Trinajstić information content (AvgIpc) is 2.93. The van der Waals surface area contributed by atoms with E-state index < -0.39 is 36.1 Å². The molecule has 0 spiro atoms. The van der Waals surface area contributed by atoms with E-state index in [0.29, 0.717) is 25.8 Å². The van der Waals surface area contributed by atoms with E-state index in [4.69, 9.17) is 9.47 Å². The molecular weight excluding hydrogens is 534 g/mol. The molecule has 238 valence electrons. The Kier molecular flexibility index (Phi) is 11.6. The second-order valence-electron chi connectivity index (χ2n) is 13.7. The Balaban J connectivity index is 1.98. The number of hydrogen-bond donors (Lipinski definition) is 2. The predicted octanol–water partition coefficient (Wildman–Crippen LogP) is 3.02.